The fraction of sp³-hybridized carbons (Fsp3) is 0.333. The smallest absolute Gasteiger partial charge is 0.150 e. The van der Waals surface area contributed by atoms with E-state index in [0.29, 0.717) is 11.1 Å². The van der Waals surface area contributed by atoms with Crippen molar-refractivity contribution in [2.75, 3.05) is 18.0 Å². The molecule has 3 nitrogen and oxygen atoms in total. The summed E-state index contributed by atoms with van der Waals surface area (Å²) in [5.74, 6) is 0. The van der Waals surface area contributed by atoms with Gasteiger partial charge in [-0.1, -0.05) is 0 Å². The second-order valence-electron chi connectivity index (χ2n) is 3.70. The molecule has 0 aliphatic carbocycles. The number of nitriles is 1. The van der Waals surface area contributed by atoms with Gasteiger partial charge < -0.3 is 4.90 Å². The number of carbonyl (C=O) groups excluding carboxylic acids is 1. The van der Waals surface area contributed by atoms with Gasteiger partial charge in [-0.05, 0) is 31.0 Å². The predicted octanol–water partition coefficient (Wildman–Crippen LogP) is 1.97. The van der Waals surface area contributed by atoms with E-state index in [1.54, 1.807) is 12.1 Å². The molecule has 0 unspecified atom stereocenters. The zero-order chi connectivity index (χ0) is 10.7. The van der Waals surface area contributed by atoms with Crippen molar-refractivity contribution in [2.45, 2.75) is 12.8 Å². The molecule has 76 valence electrons. The van der Waals surface area contributed by atoms with Crippen LogP contribution in [0.15, 0.2) is 18.2 Å². The Labute approximate surface area is 88.9 Å². The molecule has 1 fully saturated rings. The van der Waals surface area contributed by atoms with Gasteiger partial charge in [0.2, 0.25) is 0 Å². The van der Waals surface area contributed by atoms with Gasteiger partial charge in [-0.25, -0.2) is 0 Å². The quantitative estimate of drug-likeness (QED) is 0.685. The molecule has 0 atom stereocenters. The van der Waals surface area contributed by atoms with E-state index < -0.39 is 0 Å². The highest BCUT2D eigenvalue weighted by Crippen LogP contribution is 2.24. The lowest BCUT2D eigenvalue weighted by Gasteiger charge is -2.18. The molecule has 0 spiro atoms. The van der Waals surface area contributed by atoms with Crippen molar-refractivity contribution >= 4 is 12.0 Å². The number of benzene rings is 1. The van der Waals surface area contributed by atoms with E-state index in [2.05, 4.69) is 11.0 Å². The summed E-state index contributed by atoms with van der Waals surface area (Å²) in [7, 11) is 0. The molecule has 0 radical (unpaired) electrons. The number of anilines is 1. The van der Waals surface area contributed by atoms with Gasteiger partial charge >= 0.3 is 0 Å². The monoisotopic (exact) mass is 200 g/mol. The number of hydrogen-bond acceptors (Lipinski definition) is 3. The van der Waals surface area contributed by atoms with Crippen molar-refractivity contribution in [1.29, 1.82) is 5.26 Å². The molecule has 1 heterocycles. The van der Waals surface area contributed by atoms with Crippen LogP contribution in [0, 0.1) is 11.3 Å². The molecule has 0 amide bonds. The maximum absolute atomic E-state index is 10.6. The molecule has 1 aromatic rings. The maximum Gasteiger partial charge on any atom is 0.150 e. The summed E-state index contributed by atoms with van der Waals surface area (Å²) in [5, 5.41) is 9.01. The second-order valence-corrected chi connectivity index (χ2v) is 3.70. The third kappa shape index (κ3) is 1.84. The average molecular weight is 200 g/mol. The Morgan fingerprint density at radius 2 is 2.07 bits per heavy atom. The first kappa shape index (κ1) is 9.72. The zero-order valence-electron chi connectivity index (χ0n) is 8.44. The van der Waals surface area contributed by atoms with Crippen LogP contribution in [0.4, 0.5) is 5.69 Å². The van der Waals surface area contributed by atoms with Crippen LogP contribution in [0.2, 0.25) is 0 Å². The van der Waals surface area contributed by atoms with E-state index in [-0.39, 0.29) is 0 Å². The summed E-state index contributed by atoms with van der Waals surface area (Å²) in [6, 6.07) is 7.43. The van der Waals surface area contributed by atoms with Gasteiger partial charge in [-0.3, -0.25) is 4.79 Å². The van der Waals surface area contributed by atoms with Gasteiger partial charge in [-0.2, -0.15) is 5.26 Å². The van der Waals surface area contributed by atoms with E-state index in [0.717, 1.165) is 25.1 Å². The molecule has 15 heavy (non-hydrogen) atoms. The van der Waals surface area contributed by atoms with Crippen molar-refractivity contribution in [3.63, 3.8) is 0 Å². The maximum atomic E-state index is 10.6. The van der Waals surface area contributed by atoms with Crippen LogP contribution in [0.25, 0.3) is 0 Å². The fourth-order valence-corrected chi connectivity index (χ4v) is 1.95. The van der Waals surface area contributed by atoms with E-state index in [1.807, 2.05) is 6.07 Å². The van der Waals surface area contributed by atoms with E-state index in [4.69, 9.17) is 5.26 Å². The van der Waals surface area contributed by atoms with Crippen molar-refractivity contribution in [1.82, 2.24) is 0 Å². The molecule has 1 aliphatic heterocycles. The van der Waals surface area contributed by atoms with Crippen molar-refractivity contribution in [3.8, 4) is 6.07 Å². The Kier molecular flexibility index (Phi) is 2.68. The van der Waals surface area contributed by atoms with E-state index in [1.165, 1.54) is 12.8 Å². The number of carbonyl (C=O) groups is 1. The molecule has 0 bridgehead atoms. The Bertz CT molecular complexity index is 414. The minimum Gasteiger partial charge on any atom is -0.370 e. The zero-order valence-corrected chi connectivity index (χ0v) is 8.44. The molecule has 0 N–H and O–H groups in total. The third-order valence-electron chi connectivity index (χ3n) is 2.72. The molecular weight excluding hydrogens is 188 g/mol. The summed E-state index contributed by atoms with van der Waals surface area (Å²) in [6.45, 7) is 2.02. The Hall–Kier alpha value is -1.82. The first-order valence-electron chi connectivity index (χ1n) is 5.09. The molecule has 3 heteroatoms. The number of rotatable bonds is 2. The van der Waals surface area contributed by atoms with Crippen LogP contribution in [-0.2, 0) is 0 Å². The molecule has 2 rings (SSSR count). The van der Waals surface area contributed by atoms with Crippen molar-refractivity contribution in [2.24, 2.45) is 0 Å². The highest BCUT2D eigenvalue weighted by Gasteiger charge is 2.15. The number of hydrogen-bond donors (Lipinski definition) is 0. The minimum atomic E-state index is 0.564. The fourth-order valence-electron chi connectivity index (χ4n) is 1.95. The summed E-state index contributed by atoms with van der Waals surface area (Å²) in [6.07, 6.45) is 3.13. The van der Waals surface area contributed by atoms with Crippen LogP contribution in [0.1, 0.15) is 28.8 Å². The summed E-state index contributed by atoms with van der Waals surface area (Å²) >= 11 is 0. The van der Waals surface area contributed by atoms with E-state index in [9.17, 15) is 4.79 Å². The third-order valence-corrected chi connectivity index (χ3v) is 2.72. The predicted molar refractivity (Wildman–Crippen MR) is 58.0 cm³/mol. The standard InChI is InChI=1S/C12H12N2O/c13-8-11-7-10(9-15)3-4-12(11)14-5-1-2-6-14/h3-4,7,9H,1-2,5-6H2. The minimum absolute atomic E-state index is 0.564. The highest BCUT2D eigenvalue weighted by molar-refractivity contribution is 5.78. The largest absolute Gasteiger partial charge is 0.370 e. The van der Waals surface area contributed by atoms with Gasteiger partial charge in [0.25, 0.3) is 0 Å². The van der Waals surface area contributed by atoms with Gasteiger partial charge in [0.05, 0.1) is 11.3 Å². The lowest BCUT2D eigenvalue weighted by Crippen LogP contribution is -2.18. The van der Waals surface area contributed by atoms with E-state index >= 15 is 0 Å². The Balaban J connectivity index is 2.38. The summed E-state index contributed by atoms with van der Waals surface area (Å²) in [5.41, 5.74) is 2.12. The lowest BCUT2D eigenvalue weighted by atomic mass is 10.1. The van der Waals surface area contributed by atoms with Crippen LogP contribution < -0.4 is 4.90 Å². The molecule has 1 aliphatic rings. The normalized spacial score (nSPS) is 15.0. The van der Waals surface area contributed by atoms with Crippen molar-refractivity contribution < 1.29 is 4.79 Å². The second kappa shape index (κ2) is 4.14. The molecule has 0 aromatic heterocycles. The Morgan fingerprint density at radius 1 is 1.33 bits per heavy atom. The molecule has 1 saturated heterocycles. The van der Waals surface area contributed by atoms with Gasteiger partial charge in [0, 0.05) is 18.7 Å². The molecular formula is C12H12N2O. The van der Waals surface area contributed by atoms with Gasteiger partial charge in [0.1, 0.15) is 12.4 Å². The van der Waals surface area contributed by atoms with Crippen LogP contribution in [0.3, 0.4) is 0 Å². The van der Waals surface area contributed by atoms with Crippen LogP contribution >= 0.6 is 0 Å². The molecule has 1 aromatic carbocycles. The summed E-state index contributed by atoms with van der Waals surface area (Å²) < 4.78 is 0. The van der Waals surface area contributed by atoms with Crippen molar-refractivity contribution in [3.05, 3.63) is 29.3 Å². The number of aldehydes is 1. The van der Waals surface area contributed by atoms with Crippen LogP contribution in [-0.4, -0.2) is 19.4 Å². The lowest BCUT2D eigenvalue weighted by molar-refractivity contribution is 0.112. The molecule has 0 saturated carbocycles. The first-order valence-corrected chi connectivity index (χ1v) is 5.09. The summed E-state index contributed by atoms with van der Waals surface area (Å²) in [4.78, 5) is 12.8. The van der Waals surface area contributed by atoms with Gasteiger partial charge in [-0.15, -0.1) is 0 Å². The SMILES string of the molecule is N#Cc1cc(C=O)ccc1N1CCCC1. The highest BCUT2D eigenvalue weighted by atomic mass is 16.1. The number of nitrogens with zero attached hydrogens (tertiary/aromatic N) is 2. The van der Waals surface area contributed by atoms with Crippen LogP contribution in [0.5, 0.6) is 0 Å². The average Bonchev–Trinajstić information content (AvgIpc) is 2.81. The first-order chi connectivity index (χ1) is 7.35. The van der Waals surface area contributed by atoms with Gasteiger partial charge in [0.15, 0.2) is 0 Å². The topological polar surface area (TPSA) is 44.1 Å². The Morgan fingerprint density at radius 3 is 2.67 bits per heavy atom.